The van der Waals surface area contributed by atoms with Gasteiger partial charge in [0.1, 0.15) is 0 Å². The van der Waals surface area contributed by atoms with Gasteiger partial charge in [0.15, 0.2) is 0 Å². The normalized spacial score (nSPS) is 20.0. The smallest absolute Gasteiger partial charge is 0.227 e. The molecule has 0 saturated carbocycles. The molecule has 1 aliphatic heterocycles. The summed E-state index contributed by atoms with van der Waals surface area (Å²) in [5.74, 6) is 0.0475. The van der Waals surface area contributed by atoms with E-state index in [0.717, 1.165) is 18.7 Å². The molecule has 0 aliphatic carbocycles. The molecule has 1 unspecified atom stereocenters. The van der Waals surface area contributed by atoms with E-state index in [-0.39, 0.29) is 22.4 Å². The standard InChI is InChI=1S/C16H29N3O4S/c1-16(2,3)12-24(21,22)15-17-9-13(19(15)7-8-23-4)10-18-6-5-14(20)11-18/h9,14,20H,5-8,10-12H2,1-4H3. The van der Waals surface area contributed by atoms with Gasteiger partial charge in [0, 0.05) is 33.3 Å². The third-order valence-electron chi connectivity index (χ3n) is 3.95. The van der Waals surface area contributed by atoms with Crippen molar-refractivity contribution >= 4 is 9.84 Å². The van der Waals surface area contributed by atoms with Gasteiger partial charge in [-0.3, -0.25) is 4.90 Å². The lowest BCUT2D eigenvalue weighted by atomic mass is 10.0. The van der Waals surface area contributed by atoms with E-state index in [1.165, 1.54) is 0 Å². The second-order valence-corrected chi connectivity index (χ2v) is 9.56. The number of rotatable bonds is 7. The molecule has 24 heavy (non-hydrogen) atoms. The number of hydrogen-bond donors (Lipinski definition) is 1. The maximum absolute atomic E-state index is 12.8. The van der Waals surface area contributed by atoms with Crippen LogP contribution in [0.2, 0.25) is 0 Å². The maximum atomic E-state index is 12.8. The van der Waals surface area contributed by atoms with Crippen LogP contribution in [-0.2, 0) is 27.7 Å². The predicted octanol–water partition coefficient (Wildman–Crippen LogP) is 0.916. The third kappa shape index (κ3) is 5.02. The highest BCUT2D eigenvalue weighted by Gasteiger charge is 2.29. The van der Waals surface area contributed by atoms with Gasteiger partial charge in [-0.2, -0.15) is 0 Å². The summed E-state index contributed by atoms with van der Waals surface area (Å²) in [4.78, 5) is 6.33. The lowest BCUT2D eigenvalue weighted by Gasteiger charge is -2.20. The van der Waals surface area contributed by atoms with Gasteiger partial charge >= 0.3 is 0 Å². The van der Waals surface area contributed by atoms with E-state index in [4.69, 9.17) is 4.74 Å². The molecule has 0 aromatic carbocycles. The van der Waals surface area contributed by atoms with Crippen molar-refractivity contribution in [3.8, 4) is 0 Å². The van der Waals surface area contributed by atoms with Gasteiger partial charge in [-0.25, -0.2) is 13.4 Å². The monoisotopic (exact) mass is 359 g/mol. The Morgan fingerprint density at radius 1 is 1.42 bits per heavy atom. The van der Waals surface area contributed by atoms with Crippen LogP contribution >= 0.6 is 0 Å². The second kappa shape index (κ2) is 7.51. The Morgan fingerprint density at radius 3 is 2.67 bits per heavy atom. The van der Waals surface area contributed by atoms with Gasteiger partial charge in [0.25, 0.3) is 0 Å². The average Bonchev–Trinajstić information content (AvgIpc) is 3.01. The minimum absolute atomic E-state index is 0.0475. The molecule has 138 valence electrons. The van der Waals surface area contributed by atoms with Gasteiger partial charge in [-0.05, 0) is 11.8 Å². The van der Waals surface area contributed by atoms with E-state index in [0.29, 0.717) is 26.2 Å². The van der Waals surface area contributed by atoms with E-state index in [1.54, 1.807) is 17.9 Å². The number of nitrogens with zero attached hydrogens (tertiary/aromatic N) is 3. The lowest BCUT2D eigenvalue weighted by Crippen LogP contribution is -2.26. The molecule has 0 spiro atoms. The van der Waals surface area contributed by atoms with Crippen LogP contribution in [0, 0.1) is 5.41 Å². The molecule has 1 aromatic rings. The van der Waals surface area contributed by atoms with Gasteiger partial charge in [0.2, 0.25) is 15.0 Å². The molecular formula is C16H29N3O4S. The molecule has 1 aliphatic rings. The highest BCUT2D eigenvalue weighted by Crippen LogP contribution is 2.23. The SMILES string of the molecule is COCCn1c(CN2CCC(O)C2)cnc1S(=O)(=O)CC(C)(C)C. The maximum Gasteiger partial charge on any atom is 0.227 e. The van der Waals surface area contributed by atoms with Crippen LogP contribution in [0.4, 0.5) is 0 Å². The van der Waals surface area contributed by atoms with Crippen molar-refractivity contribution in [3.63, 3.8) is 0 Å². The number of aliphatic hydroxyl groups excluding tert-OH is 1. The van der Waals surface area contributed by atoms with Crippen LogP contribution in [-0.4, -0.2) is 66.6 Å². The van der Waals surface area contributed by atoms with Gasteiger partial charge < -0.3 is 14.4 Å². The van der Waals surface area contributed by atoms with E-state index in [9.17, 15) is 13.5 Å². The zero-order chi connectivity index (χ0) is 18.0. The summed E-state index contributed by atoms with van der Waals surface area (Å²) < 4.78 is 32.4. The molecule has 1 aromatic heterocycles. The zero-order valence-corrected chi connectivity index (χ0v) is 15.8. The molecular weight excluding hydrogens is 330 g/mol. The number of hydrogen-bond acceptors (Lipinski definition) is 6. The van der Waals surface area contributed by atoms with E-state index in [2.05, 4.69) is 9.88 Å². The average molecular weight is 359 g/mol. The Morgan fingerprint density at radius 2 is 2.12 bits per heavy atom. The first-order valence-electron chi connectivity index (χ1n) is 8.29. The minimum atomic E-state index is -3.47. The number of likely N-dealkylation sites (tertiary alicyclic amines) is 1. The van der Waals surface area contributed by atoms with Crippen molar-refractivity contribution in [2.45, 2.75) is 51.5 Å². The number of imidazole rings is 1. The molecule has 1 atom stereocenters. The lowest BCUT2D eigenvalue weighted by molar-refractivity contribution is 0.170. The zero-order valence-electron chi connectivity index (χ0n) is 15.0. The molecule has 0 bridgehead atoms. The number of methoxy groups -OCH3 is 1. The van der Waals surface area contributed by atoms with Crippen LogP contribution in [0.3, 0.4) is 0 Å². The van der Waals surface area contributed by atoms with E-state index < -0.39 is 9.84 Å². The third-order valence-corrected chi connectivity index (χ3v) is 6.08. The van der Waals surface area contributed by atoms with Crippen LogP contribution < -0.4 is 0 Å². The summed E-state index contributed by atoms with van der Waals surface area (Å²) >= 11 is 0. The molecule has 1 fully saturated rings. The summed E-state index contributed by atoms with van der Waals surface area (Å²) in [6.45, 7) is 8.57. The molecule has 1 saturated heterocycles. The fourth-order valence-corrected chi connectivity index (χ4v) is 5.03. The fourth-order valence-electron chi connectivity index (χ4n) is 3.01. The minimum Gasteiger partial charge on any atom is -0.392 e. The van der Waals surface area contributed by atoms with E-state index in [1.807, 2.05) is 20.8 Å². The van der Waals surface area contributed by atoms with Gasteiger partial charge in [-0.15, -0.1) is 0 Å². The summed E-state index contributed by atoms with van der Waals surface area (Å²) in [6.07, 6.45) is 2.08. The van der Waals surface area contributed by atoms with Crippen molar-refractivity contribution in [3.05, 3.63) is 11.9 Å². The second-order valence-electron chi connectivity index (χ2n) is 7.67. The van der Waals surface area contributed by atoms with Crippen LogP contribution in [0.15, 0.2) is 11.4 Å². The van der Waals surface area contributed by atoms with E-state index >= 15 is 0 Å². The summed E-state index contributed by atoms with van der Waals surface area (Å²) in [5.41, 5.74) is 0.504. The van der Waals surface area contributed by atoms with Crippen molar-refractivity contribution in [1.82, 2.24) is 14.5 Å². The molecule has 8 heteroatoms. The Balaban J connectivity index is 2.27. The van der Waals surface area contributed by atoms with Crippen molar-refractivity contribution in [2.75, 3.05) is 32.6 Å². The summed E-state index contributed by atoms with van der Waals surface area (Å²) in [5, 5.41) is 9.79. The molecule has 2 rings (SSSR count). The number of aliphatic hydroxyl groups is 1. The largest absolute Gasteiger partial charge is 0.392 e. The Hall–Kier alpha value is -0.960. The Kier molecular flexibility index (Phi) is 6.06. The fraction of sp³-hybridized carbons (Fsp3) is 0.812. The Labute approximate surface area is 144 Å². The highest BCUT2D eigenvalue weighted by atomic mass is 32.2. The van der Waals surface area contributed by atoms with Gasteiger partial charge in [0.05, 0.1) is 30.4 Å². The predicted molar refractivity (Wildman–Crippen MR) is 91.5 cm³/mol. The molecule has 0 amide bonds. The number of sulfone groups is 1. The van der Waals surface area contributed by atoms with Crippen LogP contribution in [0.25, 0.3) is 0 Å². The van der Waals surface area contributed by atoms with Crippen LogP contribution in [0.5, 0.6) is 0 Å². The summed E-state index contributed by atoms with van der Waals surface area (Å²) in [7, 11) is -1.88. The molecule has 1 N–H and O–H groups in total. The van der Waals surface area contributed by atoms with Crippen molar-refractivity contribution < 1.29 is 18.3 Å². The molecule has 0 radical (unpaired) electrons. The quantitative estimate of drug-likeness (QED) is 0.779. The summed E-state index contributed by atoms with van der Waals surface area (Å²) in [6, 6.07) is 0. The number of β-amino-alcohol motifs (C(OH)–C–C–N with tert-alkyl or cyclic N) is 1. The molecule has 7 nitrogen and oxygen atoms in total. The van der Waals surface area contributed by atoms with Gasteiger partial charge in [-0.1, -0.05) is 20.8 Å². The highest BCUT2D eigenvalue weighted by molar-refractivity contribution is 7.91. The van der Waals surface area contributed by atoms with Crippen molar-refractivity contribution in [2.24, 2.45) is 5.41 Å². The van der Waals surface area contributed by atoms with Crippen molar-refractivity contribution in [1.29, 1.82) is 0 Å². The number of ether oxygens (including phenoxy) is 1. The van der Waals surface area contributed by atoms with Crippen LogP contribution in [0.1, 0.15) is 32.9 Å². The molecule has 2 heterocycles. The first kappa shape index (κ1) is 19.4. The number of aromatic nitrogens is 2. The topological polar surface area (TPSA) is 84.7 Å². The first-order valence-corrected chi connectivity index (χ1v) is 9.94. The Bertz CT molecular complexity index is 649. The first-order chi connectivity index (χ1) is 11.1.